The first-order chi connectivity index (χ1) is 10.7. The van der Waals surface area contributed by atoms with Gasteiger partial charge < -0.3 is 9.47 Å². The first kappa shape index (κ1) is 16.0. The van der Waals surface area contributed by atoms with Gasteiger partial charge in [-0.1, -0.05) is 60.1 Å². The molecule has 0 spiro atoms. The molecule has 0 saturated carbocycles. The molecule has 0 radical (unpaired) electrons. The van der Waals surface area contributed by atoms with Crippen LogP contribution in [-0.4, -0.2) is 18.0 Å². The molecular formula is C17H15ClO4. The van der Waals surface area contributed by atoms with E-state index in [9.17, 15) is 9.59 Å². The van der Waals surface area contributed by atoms with Crippen molar-refractivity contribution in [3.05, 3.63) is 71.3 Å². The van der Waals surface area contributed by atoms with Crippen molar-refractivity contribution in [3.63, 3.8) is 0 Å². The van der Waals surface area contributed by atoms with E-state index in [4.69, 9.17) is 21.1 Å². The highest BCUT2D eigenvalue weighted by Gasteiger charge is 2.15. The molecule has 114 valence electrons. The van der Waals surface area contributed by atoms with E-state index in [2.05, 4.69) is 0 Å². The number of carbonyl (C=O) groups excluding carboxylic acids is 2. The van der Waals surface area contributed by atoms with E-state index in [0.29, 0.717) is 11.1 Å². The van der Waals surface area contributed by atoms with Crippen molar-refractivity contribution in [3.8, 4) is 0 Å². The summed E-state index contributed by atoms with van der Waals surface area (Å²) in [6.07, 6.45) is 0.000390. The second-order valence-electron chi connectivity index (χ2n) is 4.52. The fourth-order valence-corrected chi connectivity index (χ4v) is 2.04. The van der Waals surface area contributed by atoms with Gasteiger partial charge >= 0.3 is 11.9 Å². The largest absolute Gasteiger partial charge is 0.461 e. The lowest BCUT2D eigenvalue weighted by molar-refractivity contribution is -0.144. The second-order valence-corrected chi connectivity index (χ2v) is 4.74. The molecule has 2 rings (SSSR count). The minimum Gasteiger partial charge on any atom is -0.461 e. The van der Waals surface area contributed by atoms with Gasteiger partial charge in [0.25, 0.3) is 0 Å². The number of alkyl halides is 1. The van der Waals surface area contributed by atoms with Gasteiger partial charge in [-0.25, -0.2) is 4.79 Å². The Morgan fingerprint density at radius 3 is 2.32 bits per heavy atom. The number of carbonyl (C=O) groups is 2. The fraction of sp³-hybridized carbons (Fsp3) is 0.176. The van der Waals surface area contributed by atoms with Gasteiger partial charge in [0.1, 0.15) is 6.61 Å². The summed E-state index contributed by atoms with van der Waals surface area (Å²) >= 11 is 5.39. The van der Waals surface area contributed by atoms with E-state index in [0.717, 1.165) is 5.56 Å². The molecule has 0 amide bonds. The van der Waals surface area contributed by atoms with Crippen LogP contribution in [0.4, 0.5) is 0 Å². The van der Waals surface area contributed by atoms with Crippen LogP contribution >= 0.6 is 11.6 Å². The Morgan fingerprint density at radius 1 is 0.909 bits per heavy atom. The SMILES string of the molecule is O=C(Cc1ccccc1C(=O)OCCl)OCc1ccccc1. The van der Waals surface area contributed by atoms with E-state index < -0.39 is 11.9 Å². The van der Waals surface area contributed by atoms with Crippen LogP contribution in [0.1, 0.15) is 21.5 Å². The molecule has 0 saturated heterocycles. The Bertz CT molecular complexity index is 640. The van der Waals surface area contributed by atoms with Crippen molar-refractivity contribution in [1.82, 2.24) is 0 Å². The molecule has 0 bridgehead atoms. The smallest absolute Gasteiger partial charge is 0.339 e. The number of ether oxygens (including phenoxy) is 2. The molecule has 2 aromatic rings. The molecule has 0 heterocycles. The number of hydrogen-bond acceptors (Lipinski definition) is 4. The van der Waals surface area contributed by atoms with Crippen LogP contribution in [0.25, 0.3) is 0 Å². The number of rotatable bonds is 6. The Kier molecular flexibility index (Phi) is 5.98. The maximum atomic E-state index is 11.9. The van der Waals surface area contributed by atoms with Gasteiger partial charge in [-0.15, -0.1) is 0 Å². The van der Waals surface area contributed by atoms with E-state index in [1.54, 1.807) is 24.3 Å². The van der Waals surface area contributed by atoms with E-state index in [1.807, 2.05) is 30.3 Å². The predicted octanol–water partition coefficient (Wildman–Crippen LogP) is 3.33. The van der Waals surface area contributed by atoms with Gasteiger partial charge in [0.05, 0.1) is 12.0 Å². The first-order valence-corrected chi connectivity index (χ1v) is 7.24. The zero-order chi connectivity index (χ0) is 15.8. The molecule has 0 aromatic heterocycles. The summed E-state index contributed by atoms with van der Waals surface area (Å²) in [5.74, 6) is -0.962. The van der Waals surface area contributed by atoms with Crippen molar-refractivity contribution in [2.75, 3.05) is 6.07 Å². The molecule has 0 N–H and O–H groups in total. The number of halogens is 1. The quantitative estimate of drug-likeness (QED) is 0.605. The highest BCUT2D eigenvalue weighted by Crippen LogP contribution is 2.13. The van der Waals surface area contributed by atoms with Gasteiger partial charge in [-0.3, -0.25) is 4.79 Å². The van der Waals surface area contributed by atoms with Crippen LogP contribution in [0.5, 0.6) is 0 Å². The van der Waals surface area contributed by atoms with Crippen LogP contribution in [0.15, 0.2) is 54.6 Å². The minimum absolute atomic E-state index is 0.000390. The zero-order valence-corrected chi connectivity index (χ0v) is 12.6. The molecule has 0 aliphatic carbocycles. The van der Waals surface area contributed by atoms with Crippen molar-refractivity contribution in [1.29, 1.82) is 0 Å². The summed E-state index contributed by atoms with van der Waals surface area (Å²) in [7, 11) is 0. The van der Waals surface area contributed by atoms with E-state index in [-0.39, 0.29) is 19.1 Å². The average Bonchev–Trinajstić information content (AvgIpc) is 2.54. The van der Waals surface area contributed by atoms with Crippen molar-refractivity contribution in [2.24, 2.45) is 0 Å². The highest BCUT2D eigenvalue weighted by molar-refractivity contribution is 6.17. The predicted molar refractivity (Wildman–Crippen MR) is 82.5 cm³/mol. The lowest BCUT2D eigenvalue weighted by Crippen LogP contribution is -2.13. The Morgan fingerprint density at radius 2 is 1.59 bits per heavy atom. The summed E-state index contributed by atoms with van der Waals surface area (Å²) in [6.45, 7) is 0.202. The molecule has 4 nitrogen and oxygen atoms in total. The average molecular weight is 319 g/mol. The molecule has 2 aromatic carbocycles. The van der Waals surface area contributed by atoms with E-state index >= 15 is 0 Å². The van der Waals surface area contributed by atoms with Crippen LogP contribution < -0.4 is 0 Å². The summed E-state index contributed by atoms with van der Waals surface area (Å²) in [5.41, 5.74) is 1.78. The minimum atomic E-state index is -0.554. The van der Waals surface area contributed by atoms with Crippen molar-refractivity contribution in [2.45, 2.75) is 13.0 Å². The second kappa shape index (κ2) is 8.20. The normalized spacial score (nSPS) is 10.0. The standard InChI is InChI=1S/C17H15ClO4/c18-12-22-17(20)15-9-5-4-8-14(15)10-16(19)21-11-13-6-2-1-3-7-13/h1-9H,10-12H2. The molecule has 5 heteroatoms. The Labute approximate surface area is 133 Å². The van der Waals surface area contributed by atoms with Crippen LogP contribution in [-0.2, 0) is 27.3 Å². The molecule has 0 aliphatic heterocycles. The number of esters is 2. The maximum absolute atomic E-state index is 11.9. The van der Waals surface area contributed by atoms with Crippen molar-refractivity contribution < 1.29 is 19.1 Å². The Balaban J connectivity index is 1.98. The molecule has 0 aliphatic rings. The van der Waals surface area contributed by atoms with Crippen LogP contribution in [0.3, 0.4) is 0 Å². The summed E-state index contributed by atoms with van der Waals surface area (Å²) in [4.78, 5) is 23.7. The summed E-state index contributed by atoms with van der Waals surface area (Å²) in [6, 6.07) is 15.9. The topological polar surface area (TPSA) is 52.6 Å². The molecule has 0 fully saturated rings. The third-order valence-corrected chi connectivity index (χ3v) is 3.11. The van der Waals surface area contributed by atoms with Gasteiger partial charge in [0.2, 0.25) is 0 Å². The number of benzene rings is 2. The van der Waals surface area contributed by atoms with Gasteiger partial charge in [-0.05, 0) is 17.2 Å². The lowest BCUT2D eigenvalue weighted by Gasteiger charge is -2.08. The van der Waals surface area contributed by atoms with E-state index in [1.165, 1.54) is 0 Å². The van der Waals surface area contributed by atoms with Gasteiger partial charge in [0.15, 0.2) is 6.07 Å². The molecule has 0 atom stereocenters. The summed E-state index contributed by atoms with van der Waals surface area (Å²) < 4.78 is 9.96. The lowest BCUT2D eigenvalue weighted by atomic mass is 10.0. The summed E-state index contributed by atoms with van der Waals surface area (Å²) in [5, 5.41) is 0. The third-order valence-electron chi connectivity index (χ3n) is 3.00. The monoisotopic (exact) mass is 318 g/mol. The van der Waals surface area contributed by atoms with Gasteiger partial charge in [-0.2, -0.15) is 0 Å². The van der Waals surface area contributed by atoms with Crippen LogP contribution in [0.2, 0.25) is 0 Å². The maximum Gasteiger partial charge on any atom is 0.339 e. The highest BCUT2D eigenvalue weighted by atomic mass is 35.5. The number of hydrogen-bond donors (Lipinski definition) is 0. The van der Waals surface area contributed by atoms with Crippen molar-refractivity contribution >= 4 is 23.5 Å². The molecular weight excluding hydrogens is 304 g/mol. The Hall–Kier alpha value is -2.33. The zero-order valence-electron chi connectivity index (χ0n) is 11.8. The first-order valence-electron chi connectivity index (χ1n) is 6.71. The van der Waals surface area contributed by atoms with Crippen LogP contribution in [0, 0.1) is 0 Å². The third kappa shape index (κ3) is 4.60. The fourth-order valence-electron chi connectivity index (χ4n) is 1.95. The molecule has 0 unspecified atom stereocenters. The van der Waals surface area contributed by atoms with Gasteiger partial charge in [0, 0.05) is 0 Å². The molecule has 22 heavy (non-hydrogen) atoms.